The van der Waals surface area contributed by atoms with Crippen LogP contribution in [0.4, 0.5) is 15.8 Å². The molecule has 5 heteroatoms. The Kier molecular flexibility index (Phi) is 4.35. The van der Waals surface area contributed by atoms with Crippen LogP contribution in [0, 0.1) is 21.8 Å². The smallest absolute Gasteiger partial charge is 0.271 e. The maximum Gasteiger partial charge on any atom is 0.271 e. The van der Waals surface area contributed by atoms with E-state index in [9.17, 15) is 14.5 Å². The van der Waals surface area contributed by atoms with Gasteiger partial charge in [-0.15, -0.1) is 0 Å². The summed E-state index contributed by atoms with van der Waals surface area (Å²) in [5, 5.41) is 13.8. The highest BCUT2D eigenvalue weighted by atomic mass is 19.1. The number of rotatable bonds is 3. The van der Waals surface area contributed by atoms with Gasteiger partial charge in [-0.25, -0.2) is 4.39 Å². The molecule has 0 saturated heterocycles. The molecular formula is C14H19FN2O2. The fraction of sp³-hybridized carbons (Fsp3) is 0.571. The second kappa shape index (κ2) is 5.99. The number of nitro groups is 1. The Morgan fingerprint density at radius 3 is 2.84 bits per heavy atom. The maximum absolute atomic E-state index is 13.7. The summed E-state index contributed by atoms with van der Waals surface area (Å²) in [5.74, 6) is 0.282. The Hall–Kier alpha value is -1.65. The van der Waals surface area contributed by atoms with Crippen LogP contribution in [0.1, 0.15) is 39.0 Å². The monoisotopic (exact) mass is 266 g/mol. The van der Waals surface area contributed by atoms with Gasteiger partial charge in [-0.3, -0.25) is 10.1 Å². The molecule has 0 bridgehead atoms. The normalized spacial score (nSPS) is 23.7. The van der Waals surface area contributed by atoms with E-state index in [1.54, 1.807) is 0 Å². The van der Waals surface area contributed by atoms with Gasteiger partial charge >= 0.3 is 0 Å². The van der Waals surface area contributed by atoms with E-state index in [1.807, 2.05) is 0 Å². The van der Waals surface area contributed by atoms with Gasteiger partial charge in [0.1, 0.15) is 5.82 Å². The molecule has 104 valence electrons. The van der Waals surface area contributed by atoms with E-state index >= 15 is 0 Å². The summed E-state index contributed by atoms with van der Waals surface area (Å²) < 4.78 is 13.7. The van der Waals surface area contributed by atoms with Crippen molar-refractivity contribution in [3.05, 3.63) is 34.1 Å². The largest absolute Gasteiger partial charge is 0.380 e. The molecule has 1 saturated carbocycles. The molecule has 2 atom stereocenters. The van der Waals surface area contributed by atoms with Gasteiger partial charge in [-0.05, 0) is 31.2 Å². The standard InChI is InChI=1S/C14H19FN2O2/c1-10-3-2-4-11(6-5-10)16-14-9-12(17(18)19)7-8-13(14)15/h7-11,16H,2-6H2,1H3. The lowest BCUT2D eigenvalue weighted by Gasteiger charge is -2.18. The number of benzene rings is 1. The van der Waals surface area contributed by atoms with Gasteiger partial charge in [0, 0.05) is 18.2 Å². The van der Waals surface area contributed by atoms with Crippen molar-refractivity contribution in [2.75, 3.05) is 5.32 Å². The van der Waals surface area contributed by atoms with Crippen LogP contribution in [0.2, 0.25) is 0 Å². The van der Waals surface area contributed by atoms with Crippen molar-refractivity contribution in [1.29, 1.82) is 0 Å². The molecule has 1 fully saturated rings. The van der Waals surface area contributed by atoms with Gasteiger partial charge < -0.3 is 5.32 Å². The number of anilines is 1. The zero-order chi connectivity index (χ0) is 13.8. The van der Waals surface area contributed by atoms with Crippen molar-refractivity contribution in [2.45, 2.75) is 45.1 Å². The second-order valence-corrected chi connectivity index (χ2v) is 5.38. The molecule has 1 aromatic rings. The lowest BCUT2D eigenvalue weighted by molar-refractivity contribution is -0.384. The zero-order valence-corrected chi connectivity index (χ0v) is 11.1. The van der Waals surface area contributed by atoms with E-state index in [4.69, 9.17) is 0 Å². The van der Waals surface area contributed by atoms with Crippen LogP contribution >= 0.6 is 0 Å². The average molecular weight is 266 g/mol. The second-order valence-electron chi connectivity index (χ2n) is 5.38. The molecule has 0 spiro atoms. The molecule has 0 amide bonds. The lowest BCUT2D eigenvalue weighted by atomic mass is 10.0. The molecule has 0 aromatic heterocycles. The number of nitrogens with one attached hydrogen (secondary N) is 1. The van der Waals surface area contributed by atoms with Crippen LogP contribution in [0.5, 0.6) is 0 Å². The Labute approximate surface area is 112 Å². The summed E-state index contributed by atoms with van der Waals surface area (Å²) in [7, 11) is 0. The van der Waals surface area contributed by atoms with E-state index in [0.29, 0.717) is 5.92 Å². The average Bonchev–Trinajstić information content (AvgIpc) is 2.57. The summed E-state index contributed by atoms with van der Waals surface area (Å²) in [6, 6.07) is 3.83. The fourth-order valence-electron chi connectivity index (χ4n) is 2.59. The van der Waals surface area contributed by atoms with Gasteiger partial charge in [0.2, 0.25) is 0 Å². The van der Waals surface area contributed by atoms with Crippen LogP contribution < -0.4 is 5.32 Å². The molecule has 0 aliphatic heterocycles. The van der Waals surface area contributed by atoms with E-state index in [1.165, 1.54) is 18.6 Å². The first-order valence-electron chi connectivity index (χ1n) is 6.76. The first-order valence-corrected chi connectivity index (χ1v) is 6.76. The first kappa shape index (κ1) is 13.8. The van der Waals surface area contributed by atoms with E-state index in [2.05, 4.69) is 12.2 Å². The number of hydrogen-bond acceptors (Lipinski definition) is 3. The topological polar surface area (TPSA) is 55.2 Å². The van der Waals surface area contributed by atoms with E-state index in [0.717, 1.165) is 31.7 Å². The summed E-state index contributed by atoms with van der Waals surface area (Å²) in [4.78, 5) is 10.2. The highest BCUT2D eigenvalue weighted by Crippen LogP contribution is 2.27. The lowest BCUT2D eigenvalue weighted by Crippen LogP contribution is -2.19. The van der Waals surface area contributed by atoms with Crippen LogP contribution in [0.25, 0.3) is 0 Å². The maximum atomic E-state index is 13.7. The zero-order valence-electron chi connectivity index (χ0n) is 11.1. The minimum absolute atomic E-state index is 0.0779. The molecule has 0 radical (unpaired) electrons. The third kappa shape index (κ3) is 3.66. The number of hydrogen-bond donors (Lipinski definition) is 1. The van der Waals surface area contributed by atoms with Gasteiger partial charge in [0.25, 0.3) is 5.69 Å². The quantitative estimate of drug-likeness (QED) is 0.508. The van der Waals surface area contributed by atoms with Crippen molar-refractivity contribution < 1.29 is 9.31 Å². The van der Waals surface area contributed by atoms with Crippen molar-refractivity contribution in [1.82, 2.24) is 0 Å². The Morgan fingerprint density at radius 2 is 2.11 bits per heavy atom. The molecule has 1 aliphatic carbocycles. The number of nitrogens with zero attached hydrogens (tertiary/aromatic N) is 1. The molecule has 19 heavy (non-hydrogen) atoms. The first-order chi connectivity index (χ1) is 9.06. The molecule has 4 nitrogen and oxygen atoms in total. The van der Waals surface area contributed by atoms with Gasteiger partial charge in [0.15, 0.2) is 0 Å². The van der Waals surface area contributed by atoms with Crippen LogP contribution in [0.15, 0.2) is 18.2 Å². The minimum atomic E-state index is -0.500. The summed E-state index contributed by atoms with van der Waals surface area (Å²) >= 11 is 0. The molecule has 1 aromatic carbocycles. The molecule has 0 heterocycles. The summed E-state index contributed by atoms with van der Waals surface area (Å²) in [6.45, 7) is 2.23. The SMILES string of the molecule is CC1CCCC(Nc2cc([N+](=O)[O-])ccc2F)CC1. The Morgan fingerprint density at radius 1 is 1.32 bits per heavy atom. The van der Waals surface area contributed by atoms with E-state index < -0.39 is 10.7 Å². The van der Waals surface area contributed by atoms with E-state index in [-0.39, 0.29) is 17.4 Å². The van der Waals surface area contributed by atoms with Crippen LogP contribution in [-0.2, 0) is 0 Å². The van der Waals surface area contributed by atoms with Crippen molar-refractivity contribution in [3.63, 3.8) is 0 Å². The predicted octanol–water partition coefficient (Wildman–Crippen LogP) is 4.11. The highest BCUT2D eigenvalue weighted by Gasteiger charge is 2.18. The Bertz CT molecular complexity index is 465. The van der Waals surface area contributed by atoms with Crippen molar-refractivity contribution >= 4 is 11.4 Å². The highest BCUT2D eigenvalue weighted by molar-refractivity contribution is 5.52. The van der Waals surface area contributed by atoms with Crippen molar-refractivity contribution in [2.24, 2.45) is 5.92 Å². The summed E-state index contributed by atoms with van der Waals surface area (Å²) in [6.07, 6.45) is 5.43. The van der Waals surface area contributed by atoms with Gasteiger partial charge in [-0.2, -0.15) is 0 Å². The number of halogens is 1. The van der Waals surface area contributed by atoms with Crippen LogP contribution in [0.3, 0.4) is 0 Å². The van der Waals surface area contributed by atoms with Gasteiger partial charge in [0.05, 0.1) is 10.6 Å². The number of non-ortho nitro benzene ring substituents is 1. The van der Waals surface area contributed by atoms with Gasteiger partial charge in [-0.1, -0.05) is 19.8 Å². The molecule has 1 aliphatic rings. The molecule has 2 unspecified atom stereocenters. The summed E-state index contributed by atoms with van der Waals surface area (Å²) in [5.41, 5.74) is 0.166. The molecular weight excluding hydrogens is 247 g/mol. The predicted molar refractivity (Wildman–Crippen MR) is 72.7 cm³/mol. The molecule has 2 rings (SSSR count). The van der Waals surface area contributed by atoms with Crippen molar-refractivity contribution in [3.8, 4) is 0 Å². The fourth-order valence-corrected chi connectivity index (χ4v) is 2.59. The third-order valence-electron chi connectivity index (χ3n) is 3.78. The third-order valence-corrected chi connectivity index (χ3v) is 3.78. The number of nitro benzene ring substituents is 1. The molecule has 1 N–H and O–H groups in total. The minimum Gasteiger partial charge on any atom is -0.380 e. The van der Waals surface area contributed by atoms with Crippen LogP contribution in [-0.4, -0.2) is 11.0 Å². The Balaban J connectivity index is 2.09.